The fraction of sp³-hybridized carbons (Fsp3) is 0. The van der Waals surface area contributed by atoms with Crippen LogP contribution in [0.25, 0.3) is 179 Å². The first-order valence-corrected chi connectivity index (χ1v) is 43.8. The topological polar surface area (TPSA) is 211 Å². The van der Waals surface area contributed by atoms with Crippen LogP contribution in [-0.2, 0) is 34.1 Å². The van der Waals surface area contributed by atoms with Crippen LogP contribution in [0.5, 0.6) is 0 Å². The molecule has 114 heavy (non-hydrogen) atoms. The molecule has 582 valence electrons. The Morgan fingerprint density at radius 2 is 0.307 bits per heavy atom. The van der Waals surface area contributed by atoms with Crippen molar-refractivity contribution in [3.05, 3.63) is 157 Å². The van der Waals surface area contributed by atoms with Gasteiger partial charge < -0.3 is 59.8 Å². The summed E-state index contributed by atoms with van der Waals surface area (Å²) >= 11 is 196. The van der Waals surface area contributed by atoms with Crippen LogP contribution < -0.4 is 19.9 Å². The number of hydrogen-bond acceptors (Lipinski definition) is 12. The number of hydrogen-bond donors (Lipinski definition) is 0. The molecule has 4 aliphatic heterocycles. The summed E-state index contributed by atoms with van der Waals surface area (Å²) in [4.78, 5) is 76.7. The van der Waals surface area contributed by atoms with Crippen molar-refractivity contribution in [3.63, 3.8) is 0 Å². The van der Waals surface area contributed by atoms with Crippen LogP contribution in [-0.4, -0.2) is 59.8 Å². The summed E-state index contributed by atoms with van der Waals surface area (Å²) in [7, 11) is 0. The van der Waals surface area contributed by atoms with Gasteiger partial charge in [-0.05, 0) is 95.6 Å². The van der Waals surface area contributed by atoms with Gasteiger partial charge in [0.15, 0.2) is 0 Å². The second-order valence-electron chi connectivity index (χ2n) is 23.0. The third-order valence-electron chi connectivity index (χ3n) is 17.1. The number of halogens is 32. The Morgan fingerprint density at radius 1 is 0.140 bits per heavy atom. The fourth-order valence-corrected chi connectivity index (χ4v) is 22.5. The number of rotatable bonds is 0. The second kappa shape index (κ2) is 32.7. The minimum atomic E-state index is -0.109. The zero-order chi connectivity index (χ0) is 80.3. The summed E-state index contributed by atoms with van der Waals surface area (Å²) in [5.41, 5.74) is 1.46. The molecule has 0 saturated heterocycles. The van der Waals surface area contributed by atoms with E-state index in [9.17, 15) is 0 Å². The number of fused-ring (bicyclic) bond motifs is 40. The Bertz CT molecular complexity index is 6100. The molecule has 0 atom stereocenters. The van der Waals surface area contributed by atoms with Crippen LogP contribution in [0.1, 0.15) is 0 Å². The van der Waals surface area contributed by atoms with Crippen molar-refractivity contribution in [2.45, 2.75) is 0 Å². The SMILES string of the molecule is Clc1c(Cl)c(Br)c2c(c1Cl)-c1nc-2nc2[n-]c(nc3nc(nc4[n-]c(n1)c1c(Cl)c(Br)c(Cl)c(Br)c41)-c1c(Cl)c(Cl)c(Br)c(Cl)c1-3)c1c(Br)c(Cl)c(Br)c(Cl)c21.Clc1c(Cl)c(Cl)c2c(c1Cl)-c1nc-2nc2[n-]c(nc3nc(nc4[n-]c(n1)c1c(Cl)c(Cl)c(Cl)c(Cl)c41)-c1c(Cl)c(Cl)c(Cl)c(Cl)c1-3)c1c(Cl)c(Cl)c(Cl)c(Cl)c21.[Cu+2].[Cu+2]. The van der Waals surface area contributed by atoms with Gasteiger partial charge in [0.25, 0.3) is 0 Å². The molecule has 18 rings (SSSR count). The Labute approximate surface area is 835 Å². The zero-order valence-electron chi connectivity index (χ0n) is 51.9. The van der Waals surface area contributed by atoms with Gasteiger partial charge in [-0.15, -0.1) is 0 Å². The van der Waals surface area contributed by atoms with E-state index in [2.05, 4.69) is 116 Å². The Hall–Kier alpha value is -0.0610. The molecule has 4 aliphatic rings. The predicted octanol–water partition coefficient (Wildman–Crippen LogP) is 33.8. The molecule has 10 heterocycles. The molecule has 0 N–H and O–H groups in total. The monoisotopic (exact) mass is 2500 g/mol. The molecule has 8 aromatic carbocycles. The van der Waals surface area contributed by atoms with E-state index < -0.39 is 0 Å². The van der Waals surface area contributed by atoms with E-state index in [1.807, 2.05) is 0 Å². The molecule has 0 unspecified atom stereocenters. The molecule has 14 aromatic rings. The van der Waals surface area contributed by atoms with Gasteiger partial charge in [-0.25, -0.2) is 19.9 Å². The molecule has 0 amide bonds. The molecule has 6 aromatic heterocycles. The normalized spacial score (nSPS) is 12.1. The minimum absolute atomic E-state index is 0. The van der Waals surface area contributed by atoms with Crippen molar-refractivity contribution in [1.82, 2.24) is 79.7 Å². The van der Waals surface area contributed by atoms with Crippen LogP contribution in [0.15, 0.2) is 26.8 Å². The third kappa shape index (κ3) is 13.5. The standard InChI is InChI=1S/C32Br6Cl10N8.C32Cl16N8.2Cu/c33-9-1-4(15(39)12(36)20(9)44)28-49-25(1)53-31-7-8(18(42)23(47)14(38)17(7)41)32(56-31)54-26-2-5(16(40)13(37)21(45)10(2)34)29(50-26)55-30-6-3(27(51-28)52-30)11(35)22(46)24(48)19(6)43;33-9-1-2(10(34)18(42)17(9)41)26-49-25(1)53-27-3-4(12(36)20(44)19(43)11(3)35)29(50-27)55-31-7-8(16(40)24(48)23(47)15(7)39)32(52-31)56-30-6-5(28(51-30)54-26)13(37)21(45)22(46)14(6)38;;/q2*-2;2*+2. The molecule has 2 radical (unpaired) electrons. The van der Waals surface area contributed by atoms with Crippen LogP contribution >= 0.6 is 397 Å². The molecule has 0 saturated carbocycles. The van der Waals surface area contributed by atoms with Crippen molar-refractivity contribution < 1.29 is 34.1 Å². The molecule has 16 nitrogen and oxygen atoms in total. The third-order valence-corrected chi connectivity index (χ3v) is 35.2. The van der Waals surface area contributed by atoms with Crippen molar-refractivity contribution in [3.8, 4) is 91.1 Å². The maximum Gasteiger partial charge on any atom is 2.00 e. The van der Waals surface area contributed by atoms with Crippen LogP contribution in [0, 0.1) is 0 Å². The number of benzene rings is 8. The Kier molecular flexibility index (Phi) is 25.5. The first-order valence-electron chi connectivity index (χ1n) is 29.2. The van der Waals surface area contributed by atoms with Gasteiger partial charge in [0, 0.05) is 146 Å². The molecular formula is C64Br6Cl26Cu2N16. The minimum Gasteiger partial charge on any atom is -0.357 e. The first-order chi connectivity index (χ1) is 52.9. The molecule has 0 spiro atoms. The van der Waals surface area contributed by atoms with Crippen molar-refractivity contribution >= 4 is 485 Å². The molecular weight excluding hydrogens is 2520 g/mol. The Morgan fingerprint density at radius 3 is 0.561 bits per heavy atom. The van der Waals surface area contributed by atoms with Crippen molar-refractivity contribution in [2.24, 2.45) is 0 Å². The summed E-state index contributed by atoms with van der Waals surface area (Å²) < 4.78 is 2.12. The van der Waals surface area contributed by atoms with E-state index in [0.29, 0.717) is 53.9 Å². The van der Waals surface area contributed by atoms with E-state index in [1.165, 1.54) is 0 Å². The van der Waals surface area contributed by atoms with Gasteiger partial charge >= 0.3 is 34.1 Å². The van der Waals surface area contributed by atoms with Gasteiger partial charge in [-0.2, -0.15) is 0 Å². The van der Waals surface area contributed by atoms with Gasteiger partial charge in [-0.3, -0.25) is 0 Å². The van der Waals surface area contributed by atoms with Crippen molar-refractivity contribution in [2.75, 3.05) is 0 Å². The van der Waals surface area contributed by atoms with Crippen LogP contribution in [0.4, 0.5) is 0 Å². The molecule has 16 bridgehead atoms. The van der Waals surface area contributed by atoms with E-state index >= 15 is 0 Å². The second-order valence-corrected chi connectivity index (χ2v) is 37.6. The van der Waals surface area contributed by atoms with Gasteiger partial charge in [0.2, 0.25) is 0 Å². The summed E-state index contributed by atoms with van der Waals surface area (Å²) in [5.74, 6) is -0.231. The fourth-order valence-electron chi connectivity index (χ4n) is 12.2. The summed E-state index contributed by atoms with van der Waals surface area (Å²) in [6.45, 7) is 0. The predicted molar refractivity (Wildman–Crippen MR) is 484 cm³/mol. The van der Waals surface area contributed by atoms with E-state index in [0.717, 1.165) is 0 Å². The van der Waals surface area contributed by atoms with E-state index in [4.69, 9.17) is 361 Å². The maximum absolute atomic E-state index is 6.98. The summed E-state index contributed by atoms with van der Waals surface area (Å²) in [6.07, 6.45) is 0. The molecule has 0 aliphatic carbocycles. The van der Waals surface area contributed by atoms with Crippen molar-refractivity contribution in [1.29, 1.82) is 0 Å². The molecule has 0 fully saturated rings. The average Bonchev–Trinajstić information content (AvgIpc) is 1.57. The largest absolute Gasteiger partial charge is 2.00 e. The first kappa shape index (κ1) is 88.8. The van der Waals surface area contributed by atoms with Gasteiger partial charge in [-0.1, -0.05) is 302 Å². The zero-order valence-corrected chi connectivity index (χ0v) is 82.9. The maximum atomic E-state index is 6.98. The number of nitrogens with zero attached hydrogens (tertiary/aromatic N) is 16. The number of aromatic nitrogens is 16. The average molecular weight is 2520 g/mol. The van der Waals surface area contributed by atoms with E-state index in [1.54, 1.807) is 0 Å². The molecule has 50 heteroatoms. The van der Waals surface area contributed by atoms with Gasteiger partial charge in [0.05, 0.1) is 191 Å². The van der Waals surface area contributed by atoms with E-state index in [-0.39, 0.29) is 317 Å². The van der Waals surface area contributed by atoms with Crippen LogP contribution in [0.2, 0.25) is 131 Å². The summed E-state index contributed by atoms with van der Waals surface area (Å²) in [5, 5.41) is 1.68. The quantitative estimate of drug-likeness (QED) is 0.0785. The Balaban J connectivity index is 0.000000177. The van der Waals surface area contributed by atoms with Crippen LogP contribution in [0.3, 0.4) is 0 Å². The smallest absolute Gasteiger partial charge is 0.357 e. The summed E-state index contributed by atoms with van der Waals surface area (Å²) in [6, 6.07) is 0. The van der Waals surface area contributed by atoms with Gasteiger partial charge in [0.1, 0.15) is 0 Å².